The van der Waals surface area contributed by atoms with Gasteiger partial charge < -0.3 is 5.32 Å². The van der Waals surface area contributed by atoms with Gasteiger partial charge >= 0.3 is 0 Å². The summed E-state index contributed by atoms with van der Waals surface area (Å²) in [4.78, 5) is 3.99. The van der Waals surface area contributed by atoms with Gasteiger partial charge in [0.15, 0.2) is 0 Å². The van der Waals surface area contributed by atoms with Crippen molar-refractivity contribution in [3.63, 3.8) is 0 Å². The van der Waals surface area contributed by atoms with E-state index in [4.69, 9.17) is 11.6 Å². The highest BCUT2D eigenvalue weighted by atomic mass is 79.9. The highest BCUT2D eigenvalue weighted by Gasteiger charge is 2.18. The van der Waals surface area contributed by atoms with Crippen LogP contribution in [0.25, 0.3) is 0 Å². The quantitative estimate of drug-likeness (QED) is 0.826. The number of halogens is 2. The Labute approximate surface area is 90.8 Å². The van der Waals surface area contributed by atoms with Gasteiger partial charge in [-0.05, 0) is 53.0 Å². The van der Waals surface area contributed by atoms with Gasteiger partial charge in [-0.2, -0.15) is 0 Å². The molecule has 0 atom stereocenters. The molecule has 70 valence electrons. The molecule has 2 rings (SSSR count). The maximum Gasteiger partial charge on any atom is 0.129 e. The summed E-state index contributed by atoms with van der Waals surface area (Å²) in [6.45, 7) is 2.23. The van der Waals surface area contributed by atoms with Gasteiger partial charge in [-0.15, -0.1) is 0 Å². The van der Waals surface area contributed by atoms with Gasteiger partial charge in [0.05, 0.1) is 0 Å². The molecule has 1 aromatic rings. The number of rotatable bonds is 2. The molecule has 0 radical (unpaired) electrons. The summed E-state index contributed by atoms with van der Waals surface area (Å²) in [7, 11) is 0. The first-order valence-corrected chi connectivity index (χ1v) is 5.43. The zero-order chi connectivity index (χ0) is 9.26. The molecule has 1 N–H and O–H groups in total. The minimum absolute atomic E-state index is 0.575. The highest BCUT2D eigenvalue weighted by Crippen LogP contribution is 2.22. The maximum absolute atomic E-state index is 5.81. The molecule has 0 spiro atoms. The van der Waals surface area contributed by atoms with E-state index in [1.807, 2.05) is 6.07 Å². The SMILES string of the molecule is Clc1cc(CC2CNC2)c(Br)cn1. The molecule has 0 bridgehead atoms. The lowest BCUT2D eigenvalue weighted by atomic mass is 9.95. The van der Waals surface area contributed by atoms with Gasteiger partial charge in [0.1, 0.15) is 5.15 Å². The minimum atomic E-state index is 0.575. The second-order valence-corrected chi connectivity index (χ2v) is 4.57. The molecule has 13 heavy (non-hydrogen) atoms. The molecule has 1 saturated heterocycles. The normalized spacial score (nSPS) is 17.1. The third-order valence-electron chi connectivity index (χ3n) is 2.28. The van der Waals surface area contributed by atoms with Crippen molar-refractivity contribution >= 4 is 27.5 Å². The van der Waals surface area contributed by atoms with Crippen molar-refractivity contribution in [3.05, 3.63) is 27.5 Å². The number of aromatic nitrogens is 1. The Hall–Kier alpha value is -0.120. The summed E-state index contributed by atoms with van der Waals surface area (Å²) in [5.41, 5.74) is 1.26. The molecule has 4 heteroatoms. The number of nitrogens with zero attached hydrogens (tertiary/aromatic N) is 1. The van der Waals surface area contributed by atoms with E-state index in [9.17, 15) is 0 Å². The van der Waals surface area contributed by atoms with Crippen molar-refractivity contribution in [2.24, 2.45) is 5.92 Å². The fourth-order valence-electron chi connectivity index (χ4n) is 1.41. The zero-order valence-electron chi connectivity index (χ0n) is 7.06. The van der Waals surface area contributed by atoms with Crippen molar-refractivity contribution in [3.8, 4) is 0 Å². The summed E-state index contributed by atoms with van der Waals surface area (Å²) >= 11 is 9.28. The lowest BCUT2D eigenvalue weighted by Gasteiger charge is -2.27. The van der Waals surface area contributed by atoms with Gasteiger partial charge in [0, 0.05) is 10.7 Å². The van der Waals surface area contributed by atoms with E-state index >= 15 is 0 Å². The average Bonchev–Trinajstić information content (AvgIpc) is 2.03. The lowest BCUT2D eigenvalue weighted by Crippen LogP contribution is -2.43. The summed E-state index contributed by atoms with van der Waals surface area (Å²) < 4.78 is 1.06. The predicted octanol–water partition coefficient (Wildman–Crippen LogP) is 2.26. The van der Waals surface area contributed by atoms with Crippen LogP contribution in [0.5, 0.6) is 0 Å². The monoisotopic (exact) mass is 260 g/mol. The van der Waals surface area contributed by atoms with Crippen LogP contribution >= 0.6 is 27.5 Å². The van der Waals surface area contributed by atoms with E-state index < -0.39 is 0 Å². The molecule has 2 heterocycles. The largest absolute Gasteiger partial charge is 0.316 e. The molecule has 1 fully saturated rings. The molecule has 1 aliphatic rings. The first-order valence-electron chi connectivity index (χ1n) is 4.26. The molecule has 2 nitrogen and oxygen atoms in total. The minimum Gasteiger partial charge on any atom is -0.316 e. The molecule has 0 aromatic carbocycles. The standard InChI is InChI=1S/C9H10BrClN2/c10-8-5-13-9(11)2-7(8)1-6-3-12-4-6/h2,5-6,12H,1,3-4H2. The molecule has 1 aliphatic heterocycles. The highest BCUT2D eigenvalue weighted by molar-refractivity contribution is 9.10. The van der Waals surface area contributed by atoms with E-state index in [0.29, 0.717) is 5.15 Å². The third-order valence-corrected chi connectivity index (χ3v) is 3.20. The van der Waals surface area contributed by atoms with E-state index in [0.717, 1.165) is 29.9 Å². The van der Waals surface area contributed by atoms with Crippen molar-refractivity contribution < 1.29 is 0 Å². The average molecular weight is 262 g/mol. The molecule has 0 saturated carbocycles. The van der Waals surface area contributed by atoms with Crippen LogP contribution in [0.3, 0.4) is 0 Å². The van der Waals surface area contributed by atoms with Gasteiger partial charge in [-0.1, -0.05) is 11.6 Å². The molecular weight excluding hydrogens is 251 g/mol. The van der Waals surface area contributed by atoms with Gasteiger partial charge in [-0.3, -0.25) is 0 Å². The predicted molar refractivity (Wildman–Crippen MR) is 57.0 cm³/mol. The van der Waals surface area contributed by atoms with E-state index in [-0.39, 0.29) is 0 Å². The van der Waals surface area contributed by atoms with Crippen molar-refractivity contribution in [2.75, 3.05) is 13.1 Å². The first-order chi connectivity index (χ1) is 6.25. The molecule has 1 aromatic heterocycles. The van der Waals surface area contributed by atoms with Gasteiger partial charge in [-0.25, -0.2) is 4.98 Å². The van der Waals surface area contributed by atoms with Crippen molar-refractivity contribution in [1.82, 2.24) is 10.3 Å². The Morgan fingerprint density at radius 2 is 2.38 bits per heavy atom. The van der Waals surface area contributed by atoms with Crippen LogP contribution in [0.15, 0.2) is 16.7 Å². The van der Waals surface area contributed by atoms with E-state index in [1.54, 1.807) is 6.20 Å². The van der Waals surface area contributed by atoms with Crippen LogP contribution in [0.1, 0.15) is 5.56 Å². The number of nitrogens with one attached hydrogen (secondary N) is 1. The lowest BCUT2D eigenvalue weighted by molar-refractivity contribution is 0.346. The van der Waals surface area contributed by atoms with Crippen LogP contribution < -0.4 is 5.32 Å². The smallest absolute Gasteiger partial charge is 0.129 e. The number of pyridine rings is 1. The first kappa shape index (κ1) is 9.44. The Morgan fingerprint density at radius 1 is 1.62 bits per heavy atom. The van der Waals surface area contributed by atoms with Crippen LogP contribution in [0, 0.1) is 5.92 Å². The van der Waals surface area contributed by atoms with E-state index in [1.165, 1.54) is 5.56 Å². The number of hydrogen-bond acceptors (Lipinski definition) is 2. The van der Waals surface area contributed by atoms with E-state index in [2.05, 4.69) is 26.2 Å². The third kappa shape index (κ3) is 2.22. The van der Waals surface area contributed by atoms with Crippen LogP contribution in [0.4, 0.5) is 0 Å². The summed E-state index contributed by atoms with van der Waals surface area (Å²) in [6.07, 6.45) is 2.85. The zero-order valence-corrected chi connectivity index (χ0v) is 9.40. The fraction of sp³-hybridized carbons (Fsp3) is 0.444. The fourth-order valence-corrected chi connectivity index (χ4v) is 1.97. The van der Waals surface area contributed by atoms with Crippen molar-refractivity contribution in [1.29, 1.82) is 0 Å². The molecular formula is C9H10BrClN2. The molecule has 0 unspecified atom stereocenters. The van der Waals surface area contributed by atoms with Crippen LogP contribution in [0.2, 0.25) is 5.15 Å². The van der Waals surface area contributed by atoms with Crippen LogP contribution in [-0.4, -0.2) is 18.1 Å². The second-order valence-electron chi connectivity index (χ2n) is 3.33. The van der Waals surface area contributed by atoms with Crippen molar-refractivity contribution in [2.45, 2.75) is 6.42 Å². The van der Waals surface area contributed by atoms with Gasteiger partial charge in [0.2, 0.25) is 0 Å². The maximum atomic E-state index is 5.81. The second kappa shape index (κ2) is 3.95. The van der Waals surface area contributed by atoms with Crippen LogP contribution in [-0.2, 0) is 6.42 Å². The Bertz CT molecular complexity index is 312. The van der Waals surface area contributed by atoms with Gasteiger partial charge in [0.25, 0.3) is 0 Å². The summed E-state index contributed by atoms with van der Waals surface area (Å²) in [5, 5.41) is 3.83. The molecule has 0 amide bonds. The Kier molecular flexibility index (Phi) is 2.86. The Morgan fingerprint density at radius 3 is 3.00 bits per heavy atom. The molecule has 0 aliphatic carbocycles. The summed E-state index contributed by atoms with van der Waals surface area (Å²) in [6, 6.07) is 1.93. The Balaban J connectivity index is 2.13. The summed E-state index contributed by atoms with van der Waals surface area (Å²) in [5.74, 6) is 0.759. The topological polar surface area (TPSA) is 24.9 Å². The number of hydrogen-bond donors (Lipinski definition) is 1.